The molecule has 2 aromatic heterocycles. The van der Waals surface area contributed by atoms with Gasteiger partial charge in [0.15, 0.2) is 67.2 Å². The fourth-order valence-corrected chi connectivity index (χ4v) is 38.3. The molecule has 0 atom stereocenters. The molecule has 0 N–H and O–H groups in total. The van der Waals surface area contributed by atoms with Crippen LogP contribution in [0.3, 0.4) is 0 Å². The van der Waals surface area contributed by atoms with Crippen LogP contribution in [0.4, 0.5) is 0 Å². The molecule has 586 valence electrons. The van der Waals surface area contributed by atoms with Gasteiger partial charge in [0.05, 0.1) is 0 Å². The first-order valence-electron chi connectivity index (χ1n) is 42.3. The van der Waals surface area contributed by atoms with Crippen LogP contribution in [0.5, 0.6) is 0 Å². The molecule has 0 aliphatic carbocycles. The number of hydrogen-bond donors (Lipinski definition) is 0. The van der Waals surface area contributed by atoms with E-state index in [4.69, 9.17) is 29.9 Å². The molecule has 20 rings (SSSR count). The van der Waals surface area contributed by atoms with E-state index in [2.05, 4.69) is 510 Å². The van der Waals surface area contributed by atoms with Gasteiger partial charge in [0.25, 0.3) is 0 Å². The molecule has 0 bridgehead atoms. The molecule has 0 amide bonds. The van der Waals surface area contributed by atoms with Crippen LogP contribution in [0, 0.1) is 0 Å². The van der Waals surface area contributed by atoms with Crippen LogP contribution in [-0.2, 0) is 0 Å². The number of rotatable bonds is 23. The zero-order valence-corrected chi connectivity index (χ0v) is 72.2. The SMILES string of the molecule is c1ccc([Si](c2ccccc2)(c2ccccc2)c2cccc(-c3nc(-c4cccc(-c5ccccc5-c5nc(-c6cccc([Si](c7ccccc7)(c7ccccc7)c7ccccc7)c6)nc(-c6cccc([Si](c7ccccc7)(c7ccccc7)c7ccccc7)c6)n5)c4)nc(-c4cccc([Si](c5ccccc5)(c5ccccc5)c5ccccc5)c4)n3)c2)cc1. The Kier molecular flexibility index (Phi) is 21.6. The molecule has 0 aliphatic heterocycles. The molecule has 0 spiro atoms. The lowest BCUT2D eigenvalue weighted by Gasteiger charge is -2.34. The summed E-state index contributed by atoms with van der Waals surface area (Å²) in [5.41, 5.74) is 6.98. The molecule has 20 aromatic rings. The van der Waals surface area contributed by atoms with Crippen LogP contribution in [-0.4, -0.2) is 62.2 Å². The second kappa shape index (κ2) is 34.5. The lowest BCUT2D eigenvalue weighted by atomic mass is 9.97. The minimum atomic E-state index is -3.05. The van der Waals surface area contributed by atoms with Crippen LogP contribution in [0.25, 0.3) is 79.5 Å². The van der Waals surface area contributed by atoms with Gasteiger partial charge in [-0.2, -0.15) is 0 Å². The van der Waals surface area contributed by atoms with Gasteiger partial charge in [-0.25, -0.2) is 29.9 Å². The maximum absolute atomic E-state index is 5.75. The number of benzene rings is 18. The molecular formula is C114H84N6Si4. The van der Waals surface area contributed by atoms with Crippen molar-refractivity contribution in [2.45, 2.75) is 0 Å². The summed E-state index contributed by atoms with van der Waals surface area (Å²) >= 11 is 0. The average Bonchev–Trinajstić information content (AvgIpc) is 0.743. The maximum Gasteiger partial charge on any atom is 0.179 e. The van der Waals surface area contributed by atoms with Crippen LogP contribution >= 0.6 is 0 Å². The Morgan fingerprint density at radius 1 is 0.105 bits per heavy atom. The van der Waals surface area contributed by atoms with Crippen LogP contribution in [0.15, 0.2) is 510 Å². The third-order valence-electron chi connectivity index (χ3n) is 24.6. The summed E-state index contributed by atoms with van der Waals surface area (Å²) in [5, 5.41) is 20.1. The number of hydrogen-bond acceptors (Lipinski definition) is 6. The molecule has 0 unspecified atom stereocenters. The van der Waals surface area contributed by atoms with E-state index < -0.39 is 32.3 Å². The fourth-order valence-electron chi connectivity index (χ4n) is 19.1. The summed E-state index contributed by atoms with van der Waals surface area (Å²) < 4.78 is 0. The first-order valence-corrected chi connectivity index (χ1v) is 50.3. The Balaban J connectivity index is 0.789. The summed E-state index contributed by atoms with van der Waals surface area (Å²) in [6, 6.07) is 186. The predicted octanol–water partition coefficient (Wildman–Crippen LogP) is 15.2. The summed E-state index contributed by atoms with van der Waals surface area (Å²) in [7, 11) is -12.2. The van der Waals surface area contributed by atoms with Gasteiger partial charge < -0.3 is 0 Å². The molecule has 0 radical (unpaired) electrons. The summed E-state index contributed by atoms with van der Waals surface area (Å²) in [4.78, 5) is 34.3. The van der Waals surface area contributed by atoms with Gasteiger partial charge in [-0.05, 0) is 100 Å². The van der Waals surface area contributed by atoms with Gasteiger partial charge in [-0.15, -0.1) is 0 Å². The van der Waals surface area contributed by atoms with Crippen molar-refractivity contribution >= 4 is 115 Å². The topological polar surface area (TPSA) is 77.3 Å². The van der Waals surface area contributed by atoms with Crippen molar-refractivity contribution in [2.24, 2.45) is 0 Å². The molecule has 0 saturated carbocycles. The van der Waals surface area contributed by atoms with E-state index in [1.165, 1.54) is 83.0 Å². The van der Waals surface area contributed by atoms with Crippen molar-refractivity contribution in [3.05, 3.63) is 510 Å². The van der Waals surface area contributed by atoms with Crippen LogP contribution < -0.4 is 83.0 Å². The highest BCUT2D eigenvalue weighted by Gasteiger charge is 2.46. The minimum absolute atomic E-state index is 0.525. The van der Waals surface area contributed by atoms with Gasteiger partial charge >= 0.3 is 0 Å². The molecule has 0 fully saturated rings. The molecule has 10 heteroatoms. The second-order valence-electron chi connectivity index (χ2n) is 31.5. The van der Waals surface area contributed by atoms with E-state index in [-0.39, 0.29) is 0 Å². The van der Waals surface area contributed by atoms with Crippen LogP contribution in [0.1, 0.15) is 0 Å². The van der Waals surface area contributed by atoms with E-state index >= 15 is 0 Å². The third-order valence-corrected chi connectivity index (χ3v) is 43.7. The Bertz CT molecular complexity index is 6320. The number of aromatic nitrogens is 6. The largest absolute Gasteiger partial charge is 0.208 e. The van der Waals surface area contributed by atoms with Gasteiger partial charge in [0.1, 0.15) is 0 Å². The van der Waals surface area contributed by atoms with E-state index in [1.807, 2.05) is 0 Å². The summed E-state index contributed by atoms with van der Waals surface area (Å²) in [6.45, 7) is 0. The van der Waals surface area contributed by atoms with Gasteiger partial charge in [0.2, 0.25) is 0 Å². The van der Waals surface area contributed by atoms with E-state index in [9.17, 15) is 0 Å². The van der Waals surface area contributed by atoms with Crippen molar-refractivity contribution in [2.75, 3.05) is 0 Å². The van der Waals surface area contributed by atoms with Gasteiger partial charge in [-0.3, -0.25) is 0 Å². The Labute approximate surface area is 728 Å². The zero-order valence-electron chi connectivity index (χ0n) is 68.2. The van der Waals surface area contributed by atoms with Crippen molar-refractivity contribution in [1.82, 2.24) is 29.9 Å². The fraction of sp³-hybridized carbons (Fsp3) is 0. The summed E-state index contributed by atoms with van der Waals surface area (Å²) in [6.07, 6.45) is 0. The van der Waals surface area contributed by atoms with Crippen LogP contribution in [0.2, 0.25) is 0 Å². The molecule has 6 nitrogen and oxygen atoms in total. The van der Waals surface area contributed by atoms with Gasteiger partial charge in [0, 0.05) is 33.4 Å². The highest BCUT2D eigenvalue weighted by Crippen LogP contribution is 2.36. The predicted molar refractivity (Wildman–Crippen MR) is 526 cm³/mol. The van der Waals surface area contributed by atoms with E-state index in [0.717, 1.165) is 44.5 Å². The second-order valence-corrected chi connectivity index (χ2v) is 46.7. The van der Waals surface area contributed by atoms with Gasteiger partial charge in [-0.1, -0.05) is 504 Å². The highest BCUT2D eigenvalue weighted by atomic mass is 28.3. The molecule has 18 aromatic carbocycles. The standard InChI is InChI=1S/C114H84N6Si4/c1-13-50-91(51-14-1)121(92-52-15-2-16-53-92,93-54-17-3-18-55-93)103-74-40-46-87(81-103)110-115-109(116-111(117-110)88-47-41-75-104(82-88)122(94-56-19-4-20-57-94,95-58-21-5-22-59-95)96-60-23-6-24-61-96)86-45-39-44-85(80-86)107-78-37-38-79-108(107)114-119-112(89-48-42-76-105(83-89)123(97-62-25-7-26-63-97,98-64-27-8-28-65-98)99-66-29-9-30-67-99)118-113(120-114)90-49-43-77-106(84-90)124(100-68-31-10-32-69-100,101-70-33-11-34-71-101)102-72-35-12-36-73-102/h1-84H. The van der Waals surface area contributed by atoms with E-state index in [1.54, 1.807) is 0 Å². The smallest absolute Gasteiger partial charge is 0.179 e. The molecule has 0 saturated heterocycles. The highest BCUT2D eigenvalue weighted by molar-refractivity contribution is 7.22. The average molecular weight is 1650 g/mol. The van der Waals surface area contributed by atoms with Crippen molar-refractivity contribution in [3.8, 4) is 79.5 Å². The Morgan fingerprint density at radius 2 is 0.250 bits per heavy atom. The maximum atomic E-state index is 5.75. The van der Waals surface area contributed by atoms with Crippen molar-refractivity contribution in [3.63, 3.8) is 0 Å². The third kappa shape index (κ3) is 14.2. The first kappa shape index (κ1) is 77.5. The number of nitrogens with zero attached hydrogens (tertiary/aromatic N) is 6. The molecule has 0 aliphatic rings. The summed E-state index contributed by atoms with van der Waals surface area (Å²) in [5.74, 6) is 3.27. The molecular weight excluding hydrogens is 1570 g/mol. The quantitative estimate of drug-likeness (QED) is 0.0469. The Morgan fingerprint density at radius 3 is 0.452 bits per heavy atom. The zero-order chi connectivity index (χ0) is 83.0. The lowest BCUT2D eigenvalue weighted by Crippen LogP contribution is -2.74. The normalized spacial score (nSPS) is 11.7. The van der Waals surface area contributed by atoms with E-state index in [0.29, 0.717) is 34.9 Å². The first-order chi connectivity index (χ1) is 61.5. The molecule has 2 heterocycles. The molecule has 124 heavy (non-hydrogen) atoms. The minimum Gasteiger partial charge on any atom is -0.208 e. The van der Waals surface area contributed by atoms with Crippen molar-refractivity contribution < 1.29 is 0 Å². The van der Waals surface area contributed by atoms with Crippen molar-refractivity contribution in [1.29, 1.82) is 0 Å². The monoisotopic (exact) mass is 1650 g/mol. The Hall–Kier alpha value is -15.2. The lowest BCUT2D eigenvalue weighted by molar-refractivity contribution is 1.07.